The van der Waals surface area contributed by atoms with Crippen molar-refractivity contribution in [1.29, 1.82) is 0 Å². The van der Waals surface area contributed by atoms with Crippen molar-refractivity contribution in [3.05, 3.63) is 11.5 Å². The van der Waals surface area contributed by atoms with Gasteiger partial charge in [0.15, 0.2) is 28.1 Å². The summed E-state index contributed by atoms with van der Waals surface area (Å²) in [6, 6.07) is 0. The number of carbonyl (C=O) groups excluding carboxylic acids is 4. The van der Waals surface area contributed by atoms with Gasteiger partial charge in [0.25, 0.3) is 0 Å². The van der Waals surface area contributed by atoms with Crippen molar-refractivity contribution in [3.63, 3.8) is 0 Å². The fourth-order valence-corrected chi connectivity index (χ4v) is 4.64. The second-order valence-electron chi connectivity index (χ2n) is 6.69. The Balaban J connectivity index is 3.32. The summed E-state index contributed by atoms with van der Waals surface area (Å²) in [5, 5.41) is 0. The standard InChI is InChI=1S/C18H26O11S2/c1-9(31(6,23)24)8-30-18-17(28-13(5)22)16(27-12(4)21)15(26-11(3)20)14(29-18)7-25-10(2)19/h14-18H,1,7-8H2,2-6H3/t14-,15-,16+,17-,18+/m1/s1. The number of rotatable bonds is 9. The zero-order valence-electron chi connectivity index (χ0n) is 17.8. The molecule has 1 rings (SSSR count). The van der Waals surface area contributed by atoms with Crippen LogP contribution in [0, 0.1) is 0 Å². The number of esters is 4. The van der Waals surface area contributed by atoms with Crippen molar-refractivity contribution >= 4 is 45.5 Å². The monoisotopic (exact) mass is 482 g/mol. The molecule has 11 nitrogen and oxygen atoms in total. The van der Waals surface area contributed by atoms with E-state index in [4.69, 9.17) is 23.7 Å². The normalized spacial score (nSPS) is 25.8. The van der Waals surface area contributed by atoms with E-state index in [0.717, 1.165) is 45.7 Å². The molecule has 0 unspecified atom stereocenters. The highest BCUT2D eigenvalue weighted by Crippen LogP contribution is 2.35. The highest BCUT2D eigenvalue weighted by atomic mass is 32.2. The smallest absolute Gasteiger partial charge is 0.303 e. The van der Waals surface area contributed by atoms with Crippen LogP contribution in [0.2, 0.25) is 0 Å². The van der Waals surface area contributed by atoms with E-state index in [-0.39, 0.29) is 17.3 Å². The van der Waals surface area contributed by atoms with Gasteiger partial charge in [0, 0.05) is 44.6 Å². The average molecular weight is 483 g/mol. The van der Waals surface area contributed by atoms with Gasteiger partial charge in [-0.3, -0.25) is 19.2 Å². The molecule has 0 bridgehead atoms. The van der Waals surface area contributed by atoms with Gasteiger partial charge < -0.3 is 23.7 Å². The second kappa shape index (κ2) is 11.5. The Bertz CT molecular complexity index is 820. The molecule has 0 aliphatic carbocycles. The maximum Gasteiger partial charge on any atom is 0.303 e. The van der Waals surface area contributed by atoms with Crippen LogP contribution in [0.4, 0.5) is 0 Å². The molecule has 0 aromatic heterocycles. The molecule has 0 radical (unpaired) electrons. The zero-order valence-corrected chi connectivity index (χ0v) is 19.4. The first kappa shape index (κ1) is 26.9. The minimum absolute atomic E-state index is 0.106. The minimum Gasteiger partial charge on any atom is -0.463 e. The summed E-state index contributed by atoms with van der Waals surface area (Å²) in [7, 11) is -3.54. The van der Waals surface area contributed by atoms with Gasteiger partial charge in [0.05, 0.1) is 0 Å². The van der Waals surface area contributed by atoms with E-state index in [9.17, 15) is 27.6 Å². The second-order valence-corrected chi connectivity index (χ2v) is 9.90. The summed E-state index contributed by atoms with van der Waals surface area (Å²) >= 11 is 0.922. The van der Waals surface area contributed by atoms with E-state index >= 15 is 0 Å². The van der Waals surface area contributed by atoms with Crippen molar-refractivity contribution in [1.82, 2.24) is 0 Å². The van der Waals surface area contributed by atoms with Crippen LogP contribution in [0.1, 0.15) is 27.7 Å². The molecule has 0 saturated carbocycles. The van der Waals surface area contributed by atoms with Crippen molar-refractivity contribution in [2.24, 2.45) is 0 Å². The predicted octanol–water partition coefficient (Wildman–Crippen LogP) is 0.361. The van der Waals surface area contributed by atoms with Crippen LogP contribution in [-0.4, -0.2) is 80.8 Å². The average Bonchev–Trinajstić information content (AvgIpc) is 2.60. The van der Waals surface area contributed by atoms with Crippen molar-refractivity contribution in [3.8, 4) is 0 Å². The summed E-state index contributed by atoms with van der Waals surface area (Å²) in [6.07, 6.45) is -3.92. The third kappa shape index (κ3) is 8.87. The summed E-state index contributed by atoms with van der Waals surface area (Å²) in [6.45, 7) is 7.65. The molecular weight excluding hydrogens is 456 g/mol. The lowest BCUT2D eigenvalue weighted by atomic mass is 9.99. The predicted molar refractivity (Wildman–Crippen MR) is 108 cm³/mol. The highest BCUT2D eigenvalue weighted by molar-refractivity contribution is 8.02. The van der Waals surface area contributed by atoms with E-state index in [1.165, 1.54) is 0 Å². The van der Waals surface area contributed by atoms with Gasteiger partial charge >= 0.3 is 23.9 Å². The van der Waals surface area contributed by atoms with Crippen LogP contribution in [0.25, 0.3) is 0 Å². The Hall–Kier alpha value is -2.12. The number of hydrogen-bond donors (Lipinski definition) is 0. The molecule has 1 fully saturated rings. The largest absolute Gasteiger partial charge is 0.463 e. The molecule has 176 valence electrons. The van der Waals surface area contributed by atoms with E-state index in [1.807, 2.05) is 0 Å². The van der Waals surface area contributed by atoms with E-state index in [0.29, 0.717) is 0 Å². The summed E-state index contributed by atoms with van der Waals surface area (Å²) in [5.41, 5.74) is -1.06. The molecular formula is C18H26O11S2. The van der Waals surface area contributed by atoms with Crippen LogP contribution >= 0.6 is 11.8 Å². The summed E-state index contributed by atoms with van der Waals surface area (Å²) in [4.78, 5) is 46.2. The summed E-state index contributed by atoms with van der Waals surface area (Å²) in [5.74, 6) is -2.98. The Morgan fingerprint density at radius 3 is 1.81 bits per heavy atom. The van der Waals surface area contributed by atoms with E-state index in [1.54, 1.807) is 0 Å². The number of sulfone groups is 1. The van der Waals surface area contributed by atoms with Crippen LogP contribution in [0.3, 0.4) is 0 Å². The molecule has 13 heteroatoms. The maximum absolute atomic E-state index is 11.7. The number of hydrogen-bond acceptors (Lipinski definition) is 12. The molecule has 0 aromatic carbocycles. The van der Waals surface area contributed by atoms with Gasteiger partial charge in [-0.05, 0) is 0 Å². The molecule has 0 amide bonds. The lowest BCUT2D eigenvalue weighted by Crippen LogP contribution is -2.61. The first-order valence-electron chi connectivity index (χ1n) is 9.02. The third-order valence-electron chi connectivity index (χ3n) is 3.88. The van der Waals surface area contributed by atoms with Gasteiger partial charge in [-0.1, -0.05) is 6.58 Å². The number of ether oxygens (including phenoxy) is 5. The maximum atomic E-state index is 11.7. The van der Waals surface area contributed by atoms with Crippen LogP contribution in [-0.2, 0) is 52.7 Å². The first-order valence-corrected chi connectivity index (χ1v) is 12.0. The topological polar surface area (TPSA) is 149 Å². The van der Waals surface area contributed by atoms with Crippen molar-refractivity contribution in [2.45, 2.75) is 57.5 Å². The van der Waals surface area contributed by atoms with Crippen LogP contribution in [0.5, 0.6) is 0 Å². The van der Waals surface area contributed by atoms with Gasteiger partial charge in [0.1, 0.15) is 18.1 Å². The molecule has 0 aromatic rings. The number of carbonyl (C=O) groups is 4. The highest BCUT2D eigenvalue weighted by Gasteiger charge is 2.52. The quantitative estimate of drug-likeness (QED) is 0.330. The molecule has 1 aliphatic heterocycles. The molecule has 0 N–H and O–H groups in total. The summed E-state index contributed by atoms with van der Waals surface area (Å²) < 4.78 is 50.0. The van der Waals surface area contributed by atoms with Crippen LogP contribution < -0.4 is 0 Å². The molecule has 1 aliphatic rings. The number of thioether (sulfide) groups is 1. The minimum atomic E-state index is -3.54. The molecule has 1 saturated heterocycles. The molecule has 31 heavy (non-hydrogen) atoms. The Morgan fingerprint density at radius 1 is 0.871 bits per heavy atom. The first-order chi connectivity index (χ1) is 14.2. The van der Waals surface area contributed by atoms with E-state index < -0.39 is 63.6 Å². The molecule has 5 atom stereocenters. The fraction of sp³-hybridized carbons (Fsp3) is 0.667. The Labute approximate surface area is 184 Å². The van der Waals surface area contributed by atoms with E-state index in [2.05, 4.69) is 6.58 Å². The SMILES string of the molecule is C=C(CS[C@@H]1O[C@H](COC(C)=O)[C@@H](OC(C)=O)[C@H](OC(C)=O)[C@H]1OC(C)=O)S(C)(=O)=O. The van der Waals surface area contributed by atoms with Gasteiger partial charge in [-0.2, -0.15) is 0 Å². The van der Waals surface area contributed by atoms with Gasteiger partial charge in [0.2, 0.25) is 0 Å². The Kier molecular flexibility index (Phi) is 9.97. The van der Waals surface area contributed by atoms with Crippen molar-refractivity contribution in [2.75, 3.05) is 18.6 Å². The lowest BCUT2D eigenvalue weighted by Gasteiger charge is -2.44. The lowest BCUT2D eigenvalue weighted by molar-refractivity contribution is -0.237. The third-order valence-corrected chi connectivity index (χ3v) is 6.48. The fourth-order valence-electron chi connectivity index (χ4n) is 2.60. The Morgan fingerprint density at radius 2 is 1.35 bits per heavy atom. The van der Waals surface area contributed by atoms with Crippen LogP contribution in [0.15, 0.2) is 11.5 Å². The van der Waals surface area contributed by atoms with Crippen molar-refractivity contribution < 1.29 is 51.3 Å². The molecule has 1 heterocycles. The van der Waals surface area contributed by atoms with Gasteiger partial charge in [-0.15, -0.1) is 11.8 Å². The molecule has 0 spiro atoms. The van der Waals surface area contributed by atoms with Gasteiger partial charge in [-0.25, -0.2) is 8.42 Å². The zero-order chi connectivity index (χ0) is 23.9.